The summed E-state index contributed by atoms with van der Waals surface area (Å²) >= 11 is 8.51. The van der Waals surface area contributed by atoms with Gasteiger partial charge >= 0.3 is 0 Å². The summed E-state index contributed by atoms with van der Waals surface area (Å²) in [6, 6.07) is 4.02. The molecule has 1 N–H and O–H groups in total. The fourth-order valence-corrected chi connectivity index (χ4v) is 2.12. The summed E-state index contributed by atoms with van der Waals surface area (Å²) in [7, 11) is 2.03. The first-order valence-electron chi connectivity index (χ1n) is 6.87. The van der Waals surface area contributed by atoms with Crippen molar-refractivity contribution in [2.24, 2.45) is 0 Å². The second-order valence-corrected chi connectivity index (χ2v) is 6.67. The van der Waals surface area contributed by atoms with Crippen LogP contribution in [0.4, 0.5) is 11.5 Å². The number of pyridine rings is 1. The van der Waals surface area contributed by atoms with Gasteiger partial charge < -0.3 is 10.2 Å². The Bertz CT molecular complexity index is 575. The van der Waals surface area contributed by atoms with E-state index in [1.807, 2.05) is 46.0 Å². The average Bonchev–Trinajstić information content (AvgIpc) is 2.40. The van der Waals surface area contributed by atoms with Gasteiger partial charge in [-0.2, -0.15) is 0 Å². The minimum absolute atomic E-state index is 0.744. The monoisotopic (exact) mass is 367 g/mol. The second-order valence-electron chi connectivity index (χ2n) is 4.81. The Hall–Kier alpha value is -1.20. The number of rotatable bonds is 5. The molecule has 0 unspecified atom stereocenters. The molecule has 0 radical (unpaired) electrons. The first-order chi connectivity index (χ1) is 9.85. The number of anilines is 2. The summed E-state index contributed by atoms with van der Waals surface area (Å²) in [6.45, 7) is 8.00. The zero-order chi connectivity index (χ0) is 16.0. The van der Waals surface area contributed by atoms with Crippen LogP contribution in [-0.2, 0) is 0 Å². The van der Waals surface area contributed by atoms with E-state index in [0.29, 0.717) is 0 Å². The maximum Gasteiger partial charge on any atom is 0.132 e. The molecule has 21 heavy (non-hydrogen) atoms. The Balaban J connectivity index is 3.04. The fourth-order valence-electron chi connectivity index (χ4n) is 1.88. The third-order valence-electron chi connectivity index (χ3n) is 3.02. The highest BCUT2D eigenvalue weighted by Crippen LogP contribution is 2.22. The summed E-state index contributed by atoms with van der Waals surface area (Å²) in [5.41, 5.74) is 3.09. The van der Waals surface area contributed by atoms with Gasteiger partial charge in [-0.25, -0.2) is 4.98 Å². The number of hydrogen-bond donors (Lipinski definition) is 1. The van der Waals surface area contributed by atoms with E-state index < -0.39 is 0 Å². The maximum absolute atomic E-state index is 5.07. The normalized spacial score (nSPS) is 12.3. The van der Waals surface area contributed by atoms with Crippen LogP contribution in [0.15, 0.2) is 34.5 Å². The standard InChI is InChI=1S/C16H22BrN3S/c1-6-14(8-7-11(2)17)20(5)16-10-9-15(12(3)18-16)19-13(4)21/h7-10H,6H2,1-5H3,(H,19,21)/b11-7+,14-8+. The van der Waals surface area contributed by atoms with Crippen LogP contribution in [0.3, 0.4) is 0 Å². The highest BCUT2D eigenvalue weighted by Gasteiger charge is 2.09. The molecule has 0 amide bonds. The minimum Gasteiger partial charge on any atom is -0.349 e. The molecule has 1 aromatic heterocycles. The molecule has 0 aliphatic carbocycles. The van der Waals surface area contributed by atoms with Gasteiger partial charge in [0.05, 0.1) is 16.4 Å². The van der Waals surface area contributed by atoms with E-state index in [1.165, 1.54) is 5.70 Å². The van der Waals surface area contributed by atoms with Crippen LogP contribution in [-0.4, -0.2) is 17.0 Å². The molecule has 0 aromatic carbocycles. The van der Waals surface area contributed by atoms with Crippen molar-refractivity contribution in [3.05, 3.63) is 40.2 Å². The number of nitrogens with one attached hydrogen (secondary N) is 1. The number of aromatic nitrogens is 1. The SMILES string of the molecule is CC/C(=C\C=C(/C)Br)N(C)c1ccc(NC(C)=S)c(C)n1. The molecule has 1 aromatic rings. The molecule has 5 heteroatoms. The van der Waals surface area contributed by atoms with Gasteiger partial charge in [-0.15, -0.1) is 0 Å². The molecule has 0 atom stereocenters. The van der Waals surface area contributed by atoms with E-state index in [9.17, 15) is 0 Å². The zero-order valence-corrected chi connectivity index (χ0v) is 15.6. The Morgan fingerprint density at radius 1 is 1.38 bits per heavy atom. The number of thiocarbonyl (C=S) groups is 1. The molecule has 1 rings (SSSR count). The fraction of sp³-hybridized carbons (Fsp3) is 0.375. The molecule has 0 saturated heterocycles. The van der Waals surface area contributed by atoms with Crippen molar-refractivity contribution in [3.63, 3.8) is 0 Å². The van der Waals surface area contributed by atoms with Crippen LogP contribution in [0.1, 0.15) is 32.9 Å². The van der Waals surface area contributed by atoms with Gasteiger partial charge in [-0.05, 0) is 49.9 Å². The van der Waals surface area contributed by atoms with Crippen LogP contribution < -0.4 is 10.2 Å². The lowest BCUT2D eigenvalue weighted by atomic mass is 10.2. The average molecular weight is 368 g/mol. The van der Waals surface area contributed by atoms with Crippen molar-refractivity contribution in [2.45, 2.75) is 34.1 Å². The van der Waals surface area contributed by atoms with Crippen molar-refractivity contribution >= 4 is 44.6 Å². The quantitative estimate of drug-likeness (QED) is 0.573. The third-order valence-corrected chi connectivity index (χ3v) is 3.39. The highest BCUT2D eigenvalue weighted by atomic mass is 79.9. The van der Waals surface area contributed by atoms with E-state index in [2.05, 4.69) is 44.1 Å². The predicted octanol–water partition coefficient (Wildman–Crippen LogP) is 5.18. The summed E-state index contributed by atoms with van der Waals surface area (Å²) in [5, 5.41) is 3.14. The smallest absolute Gasteiger partial charge is 0.132 e. The molecule has 0 saturated carbocycles. The van der Waals surface area contributed by atoms with Crippen LogP contribution in [0.2, 0.25) is 0 Å². The number of allylic oxidation sites excluding steroid dienone is 4. The summed E-state index contributed by atoms with van der Waals surface area (Å²) in [6.07, 6.45) is 5.09. The topological polar surface area (TPSA) is 28.2 Å². The van der Waals surface area contributed by atoms with Crippen molar-refractivity contribution in [1.82, 2.24) is 4.98 Å². The molecule has 114 valence electrons. The first-order valence-corrected chi connectivity index (χ1v) is 8.07. The van der Waals surface area contributed by atoms with E-state index >= 15 is 0 Å². The number of hydrogen-bond acceptors (Lipinski definition) is 3. The van der Waals surface area contributed by atoms with Crippen LogP contribution in [0.25, 0.3) is 0 Å². The first kappa shape index (κ1) is 17.9. The van der Waals surface area contributed by atoms with Gasteiger partial charge in [0.25, 0.3) is 0 Å². The molecule has 3 nitrogen and oxygen atoms in total. The molecule has 0 aliphatic heterocycles. The lowest BCUT2D eigenvalue weighted by Crippen LogP contribution is -2.18. The zero-order valence-electron chi connectivity index (χ0n) is 13.2. The van der Waals surface area contributed by atoms with Gasteiger partial charge in [-0.1, -0.05) is 41.1 Å². The largest absolute Gasteiger partial charge is 0.349 e. The van der Waals surface area contributed by atoms with Crippen LogP contribution in [0, 0.1) is 6.92 Å². The Labute approximate surface area is 141 Å². The van der Waals surface area contributed by atoms with E-state index in [1.54, 1.807) is 0 Å². The highest BCUT2D eigenvalue weighted by molar-refractivity contribution is 9.11. The third kappa shape index (κ3) is 5.59. The van der Waals surface area contributed by atoms with Crippen molar-refractivity contribution in [1.29, 1.82) is 0 Å². The predicted molar refractivity (Wildman–Crippen MR) is 100 cm³/mol. The Kier molecular flexibility index (Phi) is 7.05. The van der Waals surface area contributed by atoms with Crippen LogP contribution >= 0.6 is 28.1 Å². The molecule has 1 heterocycles. The lowest BCUT2D eigenvalue weighted by Gasteiger charge is -2.22. The number of halogens is 1. The summed E-state index contributed by atoms with van der Waals surface area (Å²) in [5.74, 6) is 0.925. The second kappa shape index (κ2) is 8.29. The number of nitrogens with zero attached hydrogens (tertiary/aromatic N) is 2. The number of aryl methyl sites for hydroxylation is 1. The Morgan fingerprint density at radius 2 is 2.05 bits per heavy atom. The molecule has 0 aliphatic rings. The van der Waals surface area contributed by atoms with Crippen LogP contribution in [0.5, 0.6) is 0 Å². The van der Waals surface area contributed by atoms with Crippen molar-refractivity contribution < 1.29 is 0 Å². The maximum atomic E-state index is 5.07. The molecular formula is C16H22BrN3S. The van der Waals surface area contributed by atoms with Gasteiger partial charge in [0.1, 0.15) is 5.82 Å². The van der Waals surface area contributed by atoms with Crippen molar-refractivity contribution in [3.8, 4) is 0 Å². The minimum atomic E-state index is 0.744. The van der Waals surface area contributed by atoms with E-state index in [0.717, 1.165) is 33.1 Å². The Morgan fingerprint density at radius 3 is 2.52 bits per heavy atom. The lowest BCUT2D eigenvalue weighted by molar-refractivity contribution is 0.948. The molecule has 0 fully saturated rings. The van der Waals surface area contributed by atoms with E-state index in [-0.39, 0.29) is 0 Å². The molecular weight excluding hydrogens is 346 g/mol. The summed E-state index contributed by atoms with van der Waals surface area (Å²) < 4.78 is 1.10. The van der Waals surface area contributed by atoms with Gasteiger partial charge in [0.15, 0.2) is 0 Å². The van der Waals surface area contributed by atoms with E-state index in [4.69, 9.17) is 12.2 Å². The van der Waals surface area contributed by atoms with Gasteiger partial charge in [0.2, 0.25) is 0 Å². The molecule has 0 bridgehead atoms. The molecule has 0 spiro atoms. The summed E-state index contributed by atoms with van der Waals surface area (Å²) in [4.78, 5) is 7.50. The van der Waals surface area contributed by atoms with Gasteiger partial charge in [0, 0.05) is 12.7 Å². The van der Waals surface area contributed by atoms with Gasteiger partial charge in [-0.3, -0.25) is 0 Å². The van der Waals surface area contributed by atoms with Crippen molar-refractivity contribution in [2.75, 3.05) is 17.3 Å².